The second-order valence-corrected chi connectivity index (χ2v) is 8.49. The number of nitrogens with zero attached hydrogens (tertiary/aromatic N) is 1. The second kappa shape index (κ2) is 5.56. The molecule has 2 nitrogen and oxygen atoms in total. The quantitative estimate of drug-likeness (QED) is 0.260. The Kier molecular flexibility index (Phi) is 2.97. The Morgan fingerprint density at radius 3 is 2.00 bits per heavy atom. The van der Waals surface area contributed by atoms with Crippen molar-refractivity contribution < 1.29 is 4.74 Å². The summed E-state index contributed by atoms with van der Waals surface area (Å²) in [6.45, 7) is 0. The third kappa shape index (κ3) is 2.03. The van der Waals surface area contributed by atoms with Crippen LogP contribution in [-0.2, 0) is 0 Å². The van der Waals surface area contributed by atoms with Crippen molar-refractivity contribution in [1.29, 1.82) is 0 Å². The molecule has 7 rings (SSSR count). The normalized spacial score (nSPS) is 13.6. The maximum absolute atomic E-state index is 6.40. The van der Waals surface area contributed by atoms with E-state index in [1.807, 2.05) is 11.8 Å². The van der Waals surface area contributed by atoms with E-state index in [9.17, 15) is 0 Å². The summed E-state index contributed by atoms with van der Waals surface area (Å²) in [7, 11) is 0. The molecule has 29 heavy (non-hydrogen) atoms. The number of hydrogen-bond acceptors (Lipinski definition) is 3. The molecule has 0 radical (unpaired) electrons. The molecule has 5 aromatic rings. The van der Waals surface area contributed by atoms with Crippen LogP contribution in [0.4, 0.5) is 17.1 Å². The fraction of sp³-hybridized carbons (Fsp3) is 0. The van der Waals surface area contributed by atoms with Crippen LogP contribution in [0.2, 0.25) is 0 Å². The highest BCUT2D eigenvalue weighted by Crippen LogP contribution is 2.62. The minimum Gasteiger partial charge on any atom is -0.453 e. The van der Waals surface area contributed by atoms with Gasteiger partial charge in [-0.3, -0.25) is 0 Å². The van der Waals surface area contributed by atoms with E-state index in [-0.39, 0.29) is 0 Å². The van der Waals surface area contributed by atoms with Gasteiger partial charge in [0, 0.05) is 20.6 Å². The SMILES string of the molecule is c1cc2c3c(c1)Sc1ccc4ccccc4c1N3c1c(ccc3ccccc13)O2. The van der Waals surface area contributed by atoms with E-state index in [0.717, 1.165) is 22.9 Å². The first-order valence-corrected chi connectivity index (χ1v) is 10.5. The average Bonchev–Trinajstić information content (AvgIpc) is 2.78. The van der Waals surface area contributed by atoms with Gasteiger partial charge in [-0.1, -0.05) is 78.5 Å². The number of rotatable bonds is 0. The van der Waals surface area contributed by atoms with Crippen molar-refractivity contribution in [2.75, 3.05) is 4.90 Å². The van der Waals surface area contributed by atoms with E-state index in [0.29, 0.717) is 0 Å². The molecule has 3 heteroatoms. The van der Waals surface area contributed by atoms with Crippen LogP contribution in [0.3, 0.4) is 0 Å². The van der Waals surface area contributed by atoms with Crippen LogP contribution in [0.15, 0.2) is 101 Å². The van der Waals surface area contributed by atoms with Crippen LogP contribution in [0.1, 0.15) is 0 Å². The van der Waals surface area contributed by atoms with Crippen LogP contribution in [0.25, 0.3) is 21.5 Å². The first kappa shape index (κ1) is 15.5. The van der Waals surface area contributed by atoms with Gasteiger partial charge >= 0.3 is 0 Å². The molecule has 0 aromatic heterocycles. The summed E-state index contributed by atoms with van der Waals surface area (Å²) in [6, 6.07) is 32.2. The third-order valence-electron chi connectivity index (χ3n) is 5.80. The summed E-state index contributed by atoms with van der Waals surface area (Å²) in [5, 5.41) is 4.94. The zero-order valence-corrected chi connectivity index (χ0v) is 16.2. The molecule has 0 fully saturated rings. The summed E-state index contributed by atoms with van der Waals surface area (Å²) < 4.78 is 6.40. The Morgan fingerprint density at radius 2 is 1.17 bits per heavy atom. The first-order chi connectivity index (χ1) is 14.4. The van der Waals surface area contributed by atoms with Gasteiger partial charge < -0.3 is 9.64 Å². The minimum atomic E-state index is 0.902. The molecule has 0 bridgehead atoms. The largest absolute Gasteiger partial charge is 0.453 e. The second-order valence-electron chi connectivity index (χ2n) is 7.41. The highest BCUT2D eigenvalue weighted by atomic mass is 32.2. The van der Waals surface area contributed by atoms with E-state index < -0.39 is 0 Å². The lowest BCUT2D eigenvalue weighted by molar-refractivity contribution is 0.476. The van der Waals surface area contributed by atoms with Crippen LogP contribution in [0.5, 0.6) is 11.5 Å². The predicted octanol–water partition coefficient (Wildman–Crippen LogP) is 8.03. The summed E-state index contributed by atoms with van der Waals surface area (Å²) in [4.78, 5) is 4.93. The molecule has 0 saturated heterocycles. The van der Waals surface area contributed by atoms with Crippen molar-refractivity contribution in [3.8, 4) is 11.5 Å². The Bertz CT molecular complexity index is 1370. The maximum Gasteiger partial charge on any atom is 0.152 e. The Balaban J connectivity index is 1.67. The molecule has 2 aliphatic rings. The number of hydrogen-bond donors (Lipinski definition) is 0. The lowest BCUT2D eigenvalue weighted by atomic mass is 10.0. The topological polar surface area (TPSA) is 12.5 Å². The lowest BCUT2D eigenvalue weighted by Crippen LogP contribution is -2.20. The fourth-order valence-corrected chi connectivity index (χ4v) is 5.66. The number of para-hydroxylation sites is 1. The highest BCUT2D eigenvalue weighted by Gasteiger charge is 2.35. The van der Waals surface area contributed by atoms with Gasteiger partial charge in [-0.25, -0.2) is 0 Å². The minimum absolute atomic E-state index is 0.902. The highest BCUT2D eigenvalue weighted by molar-refractivity contribution is 7.99. The van der Waals surface area contributed by atoms with Crippen LogP contribution < -0.4 is 9.64 Å². The molecule has 2 heterocycles. The molecule has 0 saturated carbocycles. The van der Waals surface area contributed by atoms with E-state index in [2.05, 4.69) is 95.9 Å². The lowest BCUT2D eigenvalue weighted by Gasteiger charge is -2.39. The fourth-order valence-electron chi connectivity index (χ4n) is 4.56. The van der Waals surface area contributed by atoms with Gasteiger partial charge in [-0.15, -0.1) is 0 Å². The van der Waals surface area contributed by atoms with Crippen molar-refractivity contribution in [1.82, 2.24) is 0 Å². The molecular formula is C26H15NOS. The van der Waals surface area contributed by atoms with Crippen LogP contribution >= 0.6 is 11.8 Å². The van der Waals surface area contributed by atoms with Gasteiger partial charge in [0.25, 0.3) is 0 Å². The standard InChI is InChI=1S/C26H15NOS/c1-3-8-18-16(6-1)12-14-21-24(18)27-25-19-9-4-2-7-17(19)13-15-23(25)29-22-11-5-10-20(28-21)26(22)27/h1-15H. The number of anilines is 3. The molecule has 0 atom stereocenters. The van der Waals surface area contributed by atoms with E-state index in [4.69, 9.17) is 4.74 Å². The number of benzene rings is 5. The smallest absolute Gasteiger partial charge is 0.152 e. The van der Waals surface area contributed by atoms with Gasteiger partial charge in [0.2, 0.25) is 0 Å². The number of fused-ring (bicyclic) bond motifs is 8. The Morgan fingerprint density at radius 1 is 0.517 bits per heavy atom. The zero-order valence-electron chi connectivity index (χ0n) is 15.4. The zero-order chi connectivity index (χ0) is 18.9. The number of ether oxygens (including phenoxy) is 1. The summed E-state index contributed by atoms with van der Waals surface area (Å²) in [6.07, 6.45) is 0. The van der Waals surface area contributed by atoms with Crippen molar-refractivity contribution in [3.05, 3.63) is 91.0 Å². The summed E-state index contributed by atoms with van der Waals surface area (Å²) in [5.74, 6) is 1.82. The third-order valence-corrected chi connectivity index (χ3v) is 6.90. The molecule has 0 amide bonds. The Hall–Kier alpha value is -3.43. The van der Waals surface area contributed by atoms with Gasteiger partial charge in [0.15, 0.2) is 11.5 Å². The summed E-state index contributed by atoms with van der Waals surface area (Å²) in [5.41, 5.74) is 3.51. The van der Waals surface area contributed by atoms with E-state index in [1.165, 1.54) is 37.0 Å². The van der Waals surface area contributed by atoms with Gasteiger partial charge in [-0.05, 0) is 35.0 Å². The molecule has 0 N–H and O–H groups in total. The predicted molar refractivity (Wildman–Crippen MR) is 120 cm³/mol. The van der Waals surface area contributed by atoms with Gasteiger partial charge in [0.1, 0.15) is 5.69 Å². The Labute approximate surface area is 172 Å². The average molecular weight is 389 g/mol. The molecule has 136 valence electrons. The molecule has 0 unspecified atom stereocenters. The molecule has 2 aliphatic heterocycles. The van der Waals surface area contributed by atoms with Crippen molar-refractivity contribution in [2.45, 2.75) is 9.79 Å². The van der Waals surface area contributed by atoms with Crippen LogP contribution in [0, 0.1) is 0 Å². The van der Waals surface area contributed by atoms with E-state index >= 15 is 0 Å². The monoisotopic (exact) mass is 389 g/mol. The first-order valence-electron chi connectivity index (χ1n) is 9.71. The maximum atomic E-state index is 6.40. The summed E-state index contributed by atoms with van der Waals surface area (Å²) >= 11 is 1.82. The van der Waals surface area contributed by atoms with Crippen LogP contribution in [-0.4, -0.2) is 0 Å². The molecule has 0 spiro atoms. The molecule has 5 aromatic carbocycles. The molecular weight excluding hydrogens is 374 g/mol. The molecule has 0 aliphatic carbocycles. The van der Waals surface area contributed by atoms with E-state index in [1.54, 1.807) is 0 Å². The van der Waals surface area contributed by atoms with Crippen molar-refractivity contribution >= 4 is 50.4 Å². The van der Waals surface area contributed by atoms with Gasteiger partial charge in [0.05, 0.1) is 11.4 Å². The van der Waals surface area contributed by atoms with Crippen molar-refractivity contribution in [3.63, 3.8) is 0 Å². The van der Waals surface area contributed by atoms with Gasteiger partial charge in [-0.2, -0.15) is 0 Å². The van der Waals surface area contributed by atoms with Crippen molar-refractivity contribution in [2.24, 2.45) is 0 Å².